The van der Waals surface area contributed by atoms with E-state index in [0.717, 1.165) is 32.7 Å². The van der Waals surface area contributed by atoms with Gasteiger partial charge in [0.05, 0.1) is 18.3 Å². The number of nitrogens with one attached hydrogen (secondary N) is 1. The summed E-state index contributed by atoms with van der Waals surface area (Å²) in [5.74, 6) is 0. The quantitative estimate of drug-likeness (QED) is 0.715. The van der Waals surface area contributed by atoms with Crippen molar-refractivity contribution in [1.82, 2.24) is 10.2 Å². The van der Waals surface area contributed by atoms with Crippen molar-refractivity contribution in [2.24, 2.45) is 5.41 Å². The third-order valence-electron chi connectivity index (χ3n) is 4.56. The van der Waals surface area contributed by atoms with Crippen LogP contribution in [0.2, 0.25) is 0 Å². The van der Waals surface area contributed by atoms with Crippen molar-refractivity contribution < 1.29 is 9.84 Å². The van der Waals surface area contributed by atoms with Gasteiger partial charge in [-0.05, 0) is 38.6 Å². The van der Waals surface area contributed by atoms with Gasteiger partial charge >= 0.3 is 0 Å². The molecule has 20 heavy (non-hydrogen) atoms. The second-order valence-corrected chi connectivity index (χ2v) is 6.84. The summed E-state index contributed by atoms with van der Waals surface area (Å²) < 4.78 is 5.91. The first-order valence-electron chi connectivity index (χ1n) is 8.12. The molecule has 0 spiro atoms. The summed E-state index contributed by atoms with van der Waals surface area (Å²) in [5, 5.41) is 13.0. The van der Waals surface area contributed by atoms with Gasteiger partial charge in [0.25, 0.3) is 0 Å². The Morgan fingerprint density at radius 2 is 1.95 bits per heavy atom. The molecule has 0 aromatic heterocycles. The molecule has 1 fully saturated rings. The minimum absolute atomic E-state index is 0.0516. The highest BCUT2D eigenvalue weighted by molar-refractivity contribution is 4.89. The normalized spacial score (nSPS) is 24.0. The molecule has 0 saturated carbocycles. The highest BCUT2D eigenvalue weighted by Crippen LogP contribution is 2.30. The molecule has 0 aliphatic carbocycles. The third kappa shape index (κ3) is 4.99. The fourth-order valence-corrected chi connectivity index (χ4v) is 3.28. The lowest BCUT2D eigenvalue weighted by Gasteiger charge is -2.46. The van der Waals surface area contributed by atoms with Gasteiger partial charge in [0.2, 0.25) is 0 Å². The van der Waals surface area contributed by atoms with Crippen LogP contribution in [0.5, 0.6) is 0 Å². The third-order valence-corrected chi connectivity index (χ3v) is 4.56. The van der Waals surface area contributed by atoms with Gasteiger partial charge in [-0.3, -0.25) is 4.90 Å². The molecular weight excluding hydrogens is 252 g/mol. The van der Waals surface area contributed by atoms with Crippen molar-refractivity contribution in [2.75, 3.05) is 39.3 Å². The van der Waals surface area contributed by atoms with Gasteiger partial charge < -0.3 is 15.2 Å². The van der Waals surface area contributed by atoms with Crippen LogP contribution in [0.25, 0.3) is 0 Å². The summed E-state index contributed by atoms with van der Waals surface area (Å²) >= 11 is 0. The van der Waals surface area contributed by atoms with Crippen LogP contribution in [0.1, 0.15) is 47.5 Å². The fraction of sp³-hybridized carbons (Fsp3) is 1.00. The molecule has 1 unspecified atom stereocenters. The SMILES string of the molecule is CCNCC(CC)(CC)CN1CC(CO)OC(C)(C)C1. The first-order chi connectivity index (χ1) is 9.40. The Bertz CT molecular complexity index is 278. The van der Waals surface area contributed by atoms with Crippen LogP contribution in [0.4, 0.5) is 0 Å². The Morgan fingerprint density at radius 1 is 1.30 bits per heavy atom. The Morgan fingerprint density at radius 3 is 2.45 bits per heavy atom. The minimum Gasteiger partial charge on any atom is -0.394 e. The van der Waals surface area contributed by atoms with Gasteiger partial charge in [-0.15, -0.1) is 0 Å². The fourth-order valence-electron chi connectivity index (χ4n) is 3.28. The summed E-state index contributed by atoms with van der Waals surface area (Å²) in [4.78, 5) is 2.48. The maximum Gasteiger partial charge on any atom is 0.0940 e. The first-order valence-corrected chi connectivity index (χ1v) is 8.12. The highest BCUT2D eigenvalue weighted by Gasteiger charge is 2.37. The predicted octanol–water partition coefficient (Wildman–Crippen LogP) is 1.87. The molecule has 4 heteroatoms. The molecule has 0 aromatic carbocycles. The van der Waals surface area contributed by atoms with Crippen LogP contribution in [0, 0.1) is 5.41 Å². The second-order valence-electron chi connectivity index (χ2n) is 6.84. The topological polar surface area (TPSA) is 44.7 Å². The van der Waals surface area contributed by atoms with Gasteiger partial charge in [-0.1, -0.05) is 20.8 Å². The standard InChI is InChI=1S/C16H34N2O2/c1-6-16(7-2,11-17-8-3)13-18-9-14(10-19)20-15(4,5)12-18/h14,17,19H,6-13H2,1-5H3. The number of nitrogens with zero attached hydrogens (tertiary/aromatic N) is 1. The van der Waals surface area contributed by atoms with Gasteiger partial charge in [0, 0.05) is 26.2 Å². The summed E-state index contributed by atoms with van der Waals surface area (Å²) in [5.41, 5.74) is 0.153. The number of aliphatic hydroxyl groups is 1. The van der Waals surface area contributed by atoms with Crippen LogP contribution < -0.4 is 5.32 Å². The number of rotatable bonds is 8. The van der Waals surface area contributed by atoms with Gasteiger partial charge in [0.1, 0.15) is 0 Å². The molecular formula is C16H34N2O2. The number of hydrogen-bond donors (Lipinski definition) is 2. The zero-order valence-electron chi connectivity index (χ0n) is 14.0. The van der Waals surface area contributed by atoms with Gasteiger partial charge in [0.15, 0.2) is 0 Å². The zero-order chi connectivity index (χ0) is 15.2. The van der Waals surface area contributed by atoms with Crippen LogP contribution in [-0.2, 0) is 4.74 Å². The maximum absolute atomic E-state index is 9.43. The van der Waals surface area contributed by atoms with Crippen molar-refractivity contribution >= 4 is 0 Å². The van der Waals surface area contributed by atoms with Crippen LogP contribution >= 0.6 is 0 Å². The van der Waals surface area contributed by atoms with E-state index in [4.69, 9.17) is 4.74 Å². The number of morpholine rings is 1. The van der Waals surface area contributed by atoms with E-state index in [1.54, 1.807) is 0 Å². The Balaban J connectivity index is 2.71. The van der Waals surface area contributed by atoms with Crippen molar-refractivity contribution in [3.63, 3.8) is 0 Å². The van der Waals surface area contributed by atoms with E-state index in [1.165, 1.54) is 12.8 Å². The van der Waals surface area contributed by atoms with Gasteiger partial charge in [-0.2, -0.15) is 0 Å². The van der Waals surface area contributed by atoms with E-state index in [2.05, 4.69) is 44.8 Å². The average Bonchev–Trinajstić information content (AvgIpc) is 2.41. The smallest absolute Gasteiger partial charge is 0.0940 e. The summed E-state index contributed by atoms with van der Waals surface area (Å²) in [6.45, 7) is 16.0. The number of ether oxygens (including phenoxy) is 1. The van der Waals surface area contributed by atoms with E-state index >= 15 is 0 Å². The molecule has 0 radical (unpaired) electrons. The average molecular weight is 286 g/mol. The lowest BCUT2D eigenvalue weighted by Crippen LogP contribution is -2.57. The van der Waals surface area contributed by atoms with Crippen LogP contribution in [-0.4, -0.2) is 61.0 Å². The molecule has 0 bridgehead atoms. The molecule has 0 amide bonds. The van der Waals surface area contributed by atoms with E-state index < -0.39 is 0 Å². The molecule has 1 saturated heterocycles. The first kappa shape index (κ1) is 17.9. The Kier molecular flexibility index (Phi) is 6.92. The molecule has 1 rings (SSSR count). The van der Waals surface area contributed by atoms with E-state index in [9.17, 15) is 5.11 Å². The van der Waals surface area contributed by atoms with Crippen molar-refractivity contribution in [2.45, 2.75) is 59.2 Å². The molecule has 4 nitrogen and oxygen atoms in total. The number of aliphatic hydroxyl groups excluding tert-OH is 1. The lowest BCUT2D eigenvalue weighted by atomic mass is 9.81. The Hall–Kier alpha value is -0.160. The van der Waals surface area contributed by atoms with Crippen LogP contribution in [0.3, 0.4) is 0 Å². The van der Waals surface area contributed by atoms with Crippen molar-refractivity contribution in [1.29, 1.82) is 0 Å². The second kappa shape index (κ2) is 7.74. The summed E-state index contributed by atoms with van der Waals surface area (Å²) in [6, 6.07) is 0. The molecule has 2 N–H and O–H groups in total. The maximum atomic E-state index is 9.43. The molecule has 1 aliphatic heterocycles. The van der Waals surface area contributed by atoms with Crippen molar-refractivity contribution in [3.8, 4) is 0 Å². The Labute approximate surface area is 124 Å². The molecule has 1 aliphatic rings. The molecule has 1 heterocycles. The minimum atomic E-state index is -0.170. The highest BCUT2D eigenvalue weighted by atomic mass is 16.5. The van der Waals surface area contributed by atoms with Gasteiger partial charge in [-0.25, -0.2) is 0 Å². The lowest BCUT2D eigenvalue weighted by molar-refractivity contribution is -0.154. The molecule has 0 aromatic rings. The van der Waals surface area contributed by atoms with Crippen molar-refractivity contribution in [3.05, 3.63) is 0 Å². The molecule has 1 atom stereocenters. The van der Waals surface area contributed by atoms with E-state index in [-0.39, 0.29) is 18.3 Å². The molecule has 120 valence electrons. The monoisotopic (exact) mass is 286 g/mol. The summed E-state index contributed by atoms with van der Waals surface area (Å²) in [7, 11) is 0. The van der Waals surface area contributed by atoms with E-state index in [1.807, 2.05) is 0 Å². The summed E-state index contributed by atoms with van der Waals surface area (Å²) in [6.07, 6.45) is 2.31. The number of hydrogen-bond acceptors (Lipinski definition) is 4. The van der Waals surface area contributed by atoms with Crippen LogP contribution in [0.15, 0.2) is 0 Å². The zero-order valence-corrected chi connectivity index (χ0v) is 14.0. The largest absolute Gasteiger partial charge is 0.394 e. The predicted molar refractivity (Wildman–Crippen MR) is 84.0 cm³/mol. The van der Waals surface area contributed by atoms with E-state index in [0.29, 0.717) is 5.41 Å².